The zero-order valence-corrected chi connectivity index (χ0v) is 15.7. The van der Waals surface area contributed by atoms with Gasteiger partial charge >= 0.3 is 0 Å². The van der Waals surface area contributed by atoms with E-state index in [2.05, 4.69) is 27.0 Å². The number of imidazole rings is 2. The number of benzene rings is 1. The van der Waals surface area contributed by atoms with Crippen molar-refractivity contribution < 1.29 is 4.79 Å². The summed E-state index contributed by atoms with van der Waals surface area (Å²) < 4.78 is 4.05. The predicted octanol–water partition coefficient (Wildman–Crippen LogP) is 3.45. The number of amides is 1. The van der Waals surface area contributed by atoms with Crippen LogP contribution in [0.5, 0.6) is 0 Å². The van der Waals surface area contributed by atoms with E-state index in [1.165, 1.54) is 5.56 Å². The summed E-state index contributed by atoms with van der Waals surface area (Å²) >= 11 is 0. The molecule has 140 valence electrons. The number of aromatic nitrogens is 4. The first kappa shape index (κ1) is 16.7. The van der Waals surface area contributed by atoms with E-state index in [1.807, 2.05) is 60.1 Å². The molecule has 1 fully saturated rings. The largest absolute Gasteiger partial charge is 0.348 e. The molecule has 3 aromatic heterocycles. The highest BCUT2D eigenvalue weighted by Gasteiger charge is 2.27. The van der Waals surface area contributed by atoms with Gasteiger partial charge in [-0.15, -0.1) is 0 Å². The quantitative estimate of drug-likeness (QED) is 0.584. The van der Waals surface area contributed by atoms with Crippen molar-refractivity contribution in [1.29, 1.82) is 0 Å². The Bertz CT molecular complexity index is 1150. The molecule has 4 aromatic rings. The van der Waals surface area contributed by atoms with E-state index in [-0.39, 0.29) is 5.91 Å². The van der Waals surface area contributed by atoms with Crippen LogP contribution in [-0.2, 0) is 6.54 Å². The Labute approximate surface area is 162 Å². The Morgan fingerprint density at radius 2 is 1.89 bits per heavy atom. The van der Waals surface area contributed by atoms with Crippen molar-refractivity contribution in [2.24, 2.45) is 0 Å². The molecule has 3 heterocycles. The Balaban J connectivity index is 1.54. The molecule has 6 heteroatoms. The lowest BCUT2D eigenvalue weighted by molar-refractivity contribution is 0.0948. The number of hydrogen-bond donors (Lipinski definition) is 1. The maximum atomic E-state index is 12.7. The van der Waals surface area contributed by atoms with E-state index in [0.29, 0.717) is 17.6 Å². The highest BCUT2D eigenvalue weighted by atomic mass is 16.2. The van der Waals surface area contributed by atoms with Crippen LogP contribution in [0.2, 0.25) is 0 Å². The normalized spacial score (nSPS) is 13.8. The smallest absolute Gasteiger partial charge is 0.272 e. The molecular weight excluding hydrogens is 350 g/mol. The summed E-state index contributed by atoms with van der Waals surface area (Å²) in [4.78, 5) is 22.1. The zero-order valence-electron chi connectivity index (χ0n) is 15.7. The number of nitrogens with one attached hydrogen (secondary N) is 1. The van der Waals surface area contributed by atoms with Crippen LogP contribution in [0.25, 0.3) is 17.0 Å². The lowest BCUT2D eigenvalue weighted by Crippen LogP contribution is -2.25. The van der Waals surface area contributed by atoms with Gasteiger partial charge in [0.25, 0.3) is 5.91 Å². The first-order valence-electron chi connectivity index (χ1n) is 9.55. The summed E-state index contributed by atoms with van der Waals surface area (Å²) in [6.07, 6.45) is 6.03. The fraction of sp³-hybridized carbons (Fsp3) is 0.227. The summed E-state index contributed by atoms with van der Waals surface area (Å²) in [5, 5.41) is 3.04. The summed E-state index contributed by atoms with van der Waals surface area (Å²) in [5.74, 6) is 1.49. The highest BCUT2D eigenvalue weighted by Crippen LogP contribution is 2.24. The fourth-order valence-corrected chi connectivity index (χ4v) is 3.42. The molecule has 0 saturated heterocycles. The van der Waals surface area contributed by atoms with Crippen LogP contribution in [0.4, 0.5) is 0 Å². The minimum atomic E-state index is -0.113. The van der Waals surface area contributed by atoms with Crippen LogP contribution in [-0.4, -0.2) is 30.9 Å². The molecule has 0 aliphatic heterocycles. The third-order valence-corrected chi connectivity index (χ3v) is 5.08. The molecule has 5 rings (SSSR count). The van der Waals surface area contributed by atoms with Gasteiger partial charge in [-0.05, 0) is 37.5 Å². The number of aryl methyl sites for hydroxylation is 1. The molecule has 1 saturated carbocycles. The van der Waals surface area contributed by atoms with Crippen LogP contribution in [0.3, 0.4) is 0 Å². The molecule has 1 aliphatic carbocycles. The summed E-state index contributed by atoms with van der Waals surface area (Å²) in [6.45, 7) is 2.74. The number of carbonyl (C=O) groups is 1. The molecular formula is C22H21N5O. The minimum Gasteiger partial charge on any atom is -0.348 e. The van der Waals surface area contributed by atoms with Gasteiger partial charge in [-0.3, -0.25) is 9.20 Å². The Morgan fingerprint density at radius 1 is 1.11 bits per heavy atom. The van der Waals surface area contributed by atoms with E-state index < -0.39 is 0 Å². The van der Waals surface area contributed by atoms with Crippen LogP contribution in [0, 0.1) is 6.92 Å². The second-order valence-electron chi connectivity index (χ2n) is 7.27. The van der Waals surface area contributed by atoms with E-state index in [4.69, 9.17) is 4.98 Å². The highest BCUT2D eigenvalue weighted by molar-refractivity contribution is 6.00. The van der Waals surface area contributed by atoms with Gasteiger partial charge in [0.2, 0.25) is 0 Å². The molecule has 28 heavy (non-hydrogen) atoms. The molecule has 0 atom stereocenters. The number of hydrogen-bond acceptors (Lipinski definition) is 3. The van der Waals surface area contributed by atoms with Gasteiger partial charge in [0.1, 0.15) is 11.5 Å². The van der Waals surface area contributed by atoms with Crippen molar-refractivity contribution in [2.75, 3.05) is 0 Å². The maximum absolute atomic E-state index is 12.7. The standard InChI is InChI=1S/C22H21N5O/c1-15-23-18(14-26(15)13-16-7-3-2-4-8-16)21-25-20(22(28)24-17-10-11-17)19-9-5-6-12-27(19)21/h2-9,12,14,17H,10-11,13H2,1H3,(H,24,28). The van der Waals surface area contributed by atoms with Gasteiger partial charge < -0.3 is 9.88 Å². The average molecular weight is 371 g/mol. The monoisotopic (exact) mass is 371 g/mol. The van der Waals surface area contributed by atoms with Crippen molar-refractivity contribution in [1.82, 2.24) is 24.3 Å². The maximum Gasteiger partial charge on any atom is 0.272 e. The second kappa shape index (κ2) is 6.64. The number of carbonyl (C=O) groups excluding carboxylic acids is 1. The molecule has 6 nitrogen and oxygen atoms in total. The second-order valence-corrected chi connectivity index (χ2v) is 7.27. The minimum absolute atomic E-state index is 0.113. The van der Waals surface area contributed by atoms with Crippen molar-refractivity contribution in [3.8, 4) is 11.5 Å². The Hall–Kier alpha value is -3.41. The number of nitrogens with zero attached hydrogens (tertiary/aromatic N) is 4. The molecule has 1 aliphatic rings. The first-order valence-corrected chi connectivity index (χ1v) is 9.55. The molecule has 0 unspecified atom stereocenters. The lowest BCUT2D eigenvalue weighted by Gasteiger charge is -2.04. The van der Waals surface area contributed by atoms with Crippen LogP contribution < -0.4 is 5.32 Å². The van der Waals surface area contributed by atoms with Gasteiger partial charge in [0.15, 0.2) is 11.5 Å². The molecule has 0 bridgehead atoms. The molecule has 1 amide bonds. The van der Waals surface area contributed by atoms with E-state index in [9.17, 15) is 4.79 Å². The van der Waals surface area contributed by atoms with Crippen LogP contribution in [0.15, 0.2) is 60.9 Å². The van der Waals surface area contributed by atoms with Gasteiger partial charge in [0.05, 0.1) is 5.52 Å². The van der Waals surface area contributed by atoms with E-state index >= 15 is 0 Å². The topological polar surface area (TPSA) is 64.2 Å². The summed E-state index contributed by atoms with van der Waals surface area (Å²) in [6, 6.07) is 16.4. The average Bonchev–Trinajstić information content (AvgIpc) is 3.33. The summed E-state index contributed by atoms with van der Waals surface area (Å²) in [7, 11) is 0. The van der Waals surface area contributed by atoms with Gasteiger partial charge in [0, 0.05) is 25.0 Å². The van der Waals surface area contributed by atoms with E-state index in [1.54, 1.807) is 0 Å². The summed E-state index contributed by atoms with van der Waals surface area (Å²) in [5.41, 5.74) is 3.23. The lowest BCUT2D eigenvalue weighted by atomic mass is 10.2. The Kier molecular flexibility index (Phi) is 3.97. The molecule has 0 radical (unpaired) electrons. The van der Waals surface area contributed by atoms with Crippen molar-refractivity contribution in [3.05, 3.63) is 78.0 Å². The van der Waals surface area contributed by atoms with E-state index in [0.717, 1.165) is 36.4 Å². The third-order valence-electron chi connectivity index (χ3n) is 5.08. The van der Waals surface area contributed by atoms with Gasteiger partial charge in [-0.25, -0.2) is 9.97 Å². The molecule has 1 N–H and O–H groups in total. The van der Waals surface area contributed by atoms with Gasteiger partial charge in [-0.1, -0.05) is 36.4 Å². The fourth-order valence-electron chi connectivity index (χ4n) is 3.42. The predicted molar refractivity (Wildman–Crippen MR) is 107 cm³/mol. The van der Waals surface area contributed by atoms with Gasteiger partial charge in [-0.2, -0.15) is 0 Å². The van der Waals surface area contributed by atoms with Crippen LogP contribution in [0.1, 0.15) is 34.7 Å². The number of pyridine rings is 1. The van der Waals surface area contributed by atoms with Crippen molar-refractivity contribution >= 4 is 11.4 Å². The molecule has 0 spiro atoms. The molecule has 1 aromatic carbocycles. The van der Waals surface area contributed by atoms with Crippen molar-refractivity contribution in [3.63, 3.8) is 0 Å². The zero-order chi connectivity index (χ0) is 19.1. The SMILES string of the molecule is Cc1nc(-c2nc(C(=O)NC3CC3)c3ccccn23)cn1Cc1ccccc1. The third kappa shape index (κ3) is 3.07. The van der Waals surface area contributed by atoms with Crippen LogP contribution >= 0.6 is 0 Å². The number of rotatable bonds is 5. The van der Waals surface area contributed by atoms with Crippen molar-refractivity contribution in [2.45, 2.75) is 32.4 Å². The first-order chi connectivity index (χ1) is 13.7. The Morgan fingerprint density at radius 3 is 2.68 bits per heavy atom. The number of fused-ring (bicyclic) bond motifs is 1.